The Balaban J connectivity index is 1.93. The molecule has 0 aliphatic rings. The molecule has 2 aromatic carbocycles. The average molecular weight is 529 g/mol. The van der Waals surface area contributed by atoms with Crippen molar-refractivity contribution < 1.29 is 29.7 Å². The molecule has 17 heavy (non-hydrogen) atoms. The molecule has 0 fully saturated rings. The molecule has 0 aliphatic carbocycles. The summed E-state index contributed by atoms with van der Waals surface area (Å²) in [5.41, 5.74) is 0. The Hall–Kier alpha value is 0.383. The third-order valence-electron chi connectivity index (χ3n) is 1.98. The number of rotatable bonds is 4. The fourth-order valence-electron chi connectivity index (χ4n) is 1.17. The first-order chi connectivity index (χ1) is 8.27. The van der Waals surface area contributed by atoms with Gasteiger partial charge in [0.15, 0.2) is 0 Å². The van der Waals surface area contributed by atoms with Crippen LogP contribution in [0.5, 0.6) is 11.5 Å². The van der Waals surface area contributed by atoms with Crippen LogP contribution < -0.4 is 5.63 Å². The second-order valence-electron chi connectivity index (χ2n) is 3.15. The van der Waals surface area contributed by atoms with Crippen molar-refractivity contribution in [2.75, 3.05) is 0 Å². The van der Waals surface area contributed by atoms with Gasteiger partial charge < -0.3 is 0 Å². The number of halogens is 2. The van der Waals surface area contributed by atoms with E-state index < -0.39 is 24.1 Å². The maximum atomic E-state index is 5.73. The fraction of sp³-hybridized carbons (Fsp3) is 0. The molecule has 0 aliphatic heterocycles. The summed E-state index contributed by atoms with van der Waals surface area (Å²) in [6.07, 6.45) is 0. The first-order valence-electron chi connectivity index (χ1n) is 4.85. The summed E-state index contributed by atoms with van der Waals surface area (Å²) in [4.78, 5) is 0. The Kier molecular flexibility index (Phi) is 5.76. The zero-order chi connectivity index (χ0) is 12.1. The van der Waals surface area contributed by atoms with Crippen LogP contribution in [0.4, 0.5) is 0 Å². The van der Waals surface area contributed by atoms with Gasteiger partial charge in [-0.2, -0.15) is 0 Å². The third-order valence-corrected chi connectivity index (χ3v) is 5.25. The summed E-state index contributed by atoms with van der Waals surface area (Å²) in [5, 5.41) is 0. The maximum absolute atomic E-state index is 5.73. The van der Waals surface area contributed by atoms with Crippen LogP contribution in [0.25, 0.3) is 0 Å². The van der Waals surface area contributed by atoms with Crippen LogP contribution >= 0.6 is 45.2 Å². The van der Waals surface area contributed by atoms with Gasteiger partial charge in [0.1, 0.15) is 0 Å². The zero-order valence-electron chi connectivity index (χ0n) is 8.69. The number of benzene rings is 2. The van der Waals surface area contributed by atoms with E-state index in [-0.39, 0.29) is 0 Å². The molecule has 0 unspecified atom stereocenters. The summed E-state index contributed by atoms with van der Waals surface area (Å²) < 4.78 is 13.7. The SMILES string of the molecule is Ic1ccccc1[O][Zr][O]c1ccccc1I. The van der Waals surface area contributed by atoms with Crippen molar-refractivity contribution in [3.05, 3.63) is 55.7 Å². The van der Waals surface area contributed by atoms with E-state index in [0.29, 0.717) is 0 Å². The van der Waals surface area contributed by atoms with Crippen LogP contribution in [0.1, 0.15) is 0 Å². The topological polar surface area (TPSA) is 18.5 Å². The number of hydrogen-bond donors (Lipinski definition) is 0. The van der Waals surface area contributed by atoms with E-state index >= 15 is 0 Å². The predicted octanol–water partition coefficient (Wildman–Crippen LogP) is 4.27. The predicted molar refractivity (Wildman–Crippen MR) is 79.6 cm³/mol. The van der Waals surface area contributed by atoms with Gasteiger partial charge in [0.2, 0.25) is 0 Å². The summed E-state index contributed by atoms with van der Waals surface area (Å²) in [5.74, 6) is 1.84. The van der Waals surface area contributed by atoms with Crippen molar-refractivity contribution in [3.63, 3.8) is 0 Å². The first-order valence-corrected chi connectivity index (χ1v) is 9.01. The molecule has 0 N–H and O–H groups in total. The van der Waals surface area contributed by atoms with E-state index in [1.165, 1.54) is 0 Å². The Morgan fingerprint density at radius 3 is 1.53 bits per heavy atom. The van der Waals surface area contributed by atoms with Crippen LogP contribution in [0.3, 0.4) is 0 Å². The molecule has 0 saturated heterocycles. The Morgan fingerprint density at radius 1 is 0.706 bits per heavy atom. The molecule has 2 rings (SSSR count). The molecule has 2 nitrogen and oxygen atoms in total. The van der Waals surface area contributed by atoms with Gasteiger partial charge in [-0.3, -0.25) is 0 Å². The second kappa shape index (κ2) is 7.09. The minimum absolute atomic E-state index is 0.922. The normalized spacial score (nSPS) is 9.76. The fourth-order valence-corrected chi connectivity index (χ4v) is 4.60. The molecular weight excluding hydrogens is 521 g/mol. The van der Waals surface area contributed by atoms with Crippen LogP contribution in [-0.2, 0) is 24.1 Å². The van der Waals surface area contributed by atoms with E-state index in [1.54, 1.807) is 0 Å². The zero-order valence-corrected chi connectivity index (χ0v) is 15.5. The van der Waals surface area contributed by atoms with Gasteiger partial charge in [0, 0.05) is 0 Å². The molecule has 0 bridgehead atoms. The molecule has 86 valence electrons. The summed E-state index contributed by atoms with van der Waals surface area (Å²) in [6, 6.07) is 16.0. The molecule has 0 saturated carbocycles. The van der Waals surface area contributed by atoms with Crippen LogP contribution in [0.2, 0.25) is 0 Å². The quantitative estimate of drug-likeness (QED) is 0.552. The van der Waals surface area contributed by atoms with E-state index in [4.69, 9.17) is 5.63 Å². The molecule has 2 aromatic rings. The van der Waals surface area contributed by atoms with Gasteiger partial charge in [-0.05, 0) is 0 Å². The molecule has 0 aromatic heterocycles. The van der Waals surface area contributed by atoms with Gasteiger partial charge in [0.25, 0.3) is 0 Å². The summed E-state index contributed by atoms with van der Waals surface area (Å²) >= 11 is 3.21. The molecule has 5 heteroatoms. The molecule has 0 spiro atoms. The van der Waals surface area contributed by atoms with Crippen molar-refractivity contribution in [1.29, 1.82) is 0 Å². The number of para-hydroxylation sites is 2. The van der Waals surface area contributed by atoms with Crippen LogP contribution in [0.15, 0.2) is 48.5 Å². The van der Waals surface area contributed by atoms with E-state index in [1.807, 2.05) is 48.5 Å². The molecule has 0 amide bonds. The summed E-state index contributed by atoms with van der Waals surface area (Å²) in [6.45, 7) is 0. The van der Waals surface area contributed by atoms with Crippen molar-refractivity contribution in [1.82, 2.24) is 0 Å². The van der Waals surface area contributed by atoms with Crippen LogP contribution in [-0.4, -0.2) is 0 Å². The van der Waals surface area contributed by atoms with E-state index in [2.05, 4.69) is 45.2 Å². The first kappa shape index (κ1) is 13.8. The van der Waals surface area contributed by atoms with Crippen molar-refractivity contribution in [2.24, 2.45) is 0 Å². The monoisotopic (exact) mass is 528 g/mol. The van der Waals surface area contributed by atoms with Gasteiger partial charge in [0.05, 0.1) is 0 Å². The Morgan fingerprint density at radius 2 is 1.12 bits per heavy atom. The summed E-state index contributed by atoms with van der Waals surface area (Å²) in [7, 11) is 0. The average Bonchev–Trinajstić information content (AvgIpc) is 2.34. The van der Waals surface area contributed by atoms with Gasteiger partial charge in [-0.1, -0.05) is 0 Å². The molecule has 0 atom stereocenters. The molecule has 0 radical (unpaired) electrons. The van der Waals surface area contributed by atoms with E-state index in [0.717, 1.165) is 18.6 Å². The second-order valence-corrected chi connectivity index (χ2v) is 6.89. The van der Waals surface area contributed by atoms with E-state index in [9.17, 15) is 0 Å². The van der Waals surface area contributed by atoms with Crippen molar-refractivity contribution in [3.8, 4) is 11.5 Å². The Bertz CT molecular complexity index is 460. The van der Waals surface area contributed by atoms with Crippen molar-refractivity contribution in [2.45, 2.75) is 0 Å². The Labute approximate surface area is 140 Å². The minimum atomic E-state index is -1.32. The standard InChI is InChI=1S/2C6H5IO.Zr/c2*7-5-3-1-2-4-6(5)8;/h2*1-4,8H;/q;;+2/p-2. The van der Waals surface area contributed by atoms with Crippen molar-refractivity contribution >= 4 is 45.2 Å². The van der Waals surface area contributed by atoms with Crippen LogP contribution in [0, 0.1) is 7.14 Å². The van der Waals surface area contributed by atoms with Gasteiger partial charge >= 0.3 is 142 Å². The molecule has 0 heterocycles. The van der Waals surface area contributed by atoms with Gasteiger partial charge in [-0.15, -0.1) is 0 Å². The number of hydrogen-bond acceptors (Lipinski definition) is 2. The third kappa shape index (κ3) is 4.21. The van der Waals surface area contributed by atoms with Gasteiger partial charge in [-0.25, -0.2) is 0 Å². The molecular formula is C12H8I2O2Zr.